The number of nitrogens with one attached hydrogen (secondary N) is 1. The number of ether oxygens (including phenoxy) is 2. The zero-order valence-electron chi connectivity index (χ0n) is 21.3. The van der Waals surface area contributed by atoms with Crippen LogP contribution in [0.2, 0.25) is 0 Å². The SMILES string of the molecule is CCCCCOc1ccc(C(=O)CCC(=O)NC(CC)c2ccccc2OCC(=O)N(C)C)cc1. The van der Waals surface area contributed by atoms with Crippen molar-refractivity contribution in [3.8, 4) is 11.5 Å². The van der Waals surface area contributed by atoms with Gasteiger partial charge >= 0.3 is 0 Å². The van der Waals surface area contributed by atoms with Crippen LogP contribution in [0, 0.1) is 0 Å². The van der Waals surface area contributed by atoms with Crippen molar-refractivity contribution in [1.29, 1.82) is 0 Å². The summed E-state index contributed by atoms with van der Waals surface area (Å²) < 4.78 is 11.4. The molecule has 0 saturated heterocycles. The van der Waals surface area contributed by atoms with E-state index < -0.39 is 0 Å². The van der Waals surface area contributed by atoms with Gasteiger partial charge in [0.25, 0.3) is 5.91 Å². The Hall–Kier alpha value is -3.35. The highest BCUT2D eigenvalue weighted by Gasteiger charge is 2.19. The minimum atomic E-state index is -0.285. The lowest BCUT2D eigenvalue weighted by Gasteiger charge is -2.21. The van der Waals surface area contributed by atoms with Gasteiger partial charge in [0.1, 0.15) is 11.5 Å². The van der Waals surface area contributed by atoms with Gasteiger partial charge in [-0.3, -0.25) is 14.4 Å². The summed E-state index contributed by atoms with van der Waals surface area (Å²) >= 11 is 0. The van der Waals surface area contributed by atoms with E-state index in [-0.39, 0.29) is 43.1 Å². The number of amides is 2. The summed E-state index contributed by atoms with van der Waals surface area (Å²) in [6.45, 7) is 4.70. The summed E-state index contributed by atoms with van der Waals surface area (Å²) in [5.74, 6) is 0.862. The van der Waals surface area contributed by atoms with Crippen molar-refractivity contribution >= 4 is 17.6 Å². The van der Waals surface area contributed by atoms with Gasteiger partial charge in [0.15, 0.2) is 12.4 Å². The van der Waals surface area contributed by atoms with Crippen molar-refractivity contribution in [2.45, 2.75) is 58.4 Å². The Morgan fingerprint density at radius 1 is 0.914 bits per heavy atom. The first kappa shape index (κ1) is 27.9. The van der Waals surface area contributed by atoms with E-state index in [0.29, 0.717) is 24.3 Å². The van der Waals surface area contributed by atoms with Gasteiger partial charge in [-0.15, -0.1) is 0 Å². The van der Waals surface area contributed by atoms with E-state index in [1.807, 2.05) is 25.1 Å². The standard InChI is InChI=1S/C28H38N2O5/c1-5-7-10-19-34-22-15-13-21(14-16-22)25(31)17-18-27(32)29-24(6-2)23-11-8-9-12-26(23)35-20-28(33)30(3)4/h8-9,11-16,24H,5-7,10,17-20H2,1-4H3,(H,29,32). The predicted octanol–water partition coefficient (Wildman–Crippen LogP) is 4.95. The maximum atomic E-state index is 12.6. The molecule has 0 heterocycles. The number of likely N-dealkylation sites (N-methyl/N-ethyl adjacent to an activating group) is 1. The van der Waals surface area contributed by atoms with Crippen LogP contribution in [0.4, 0.5) is 0 Å². The number of carbonyl (C=O) groups is 3. The summed E-state index contributed by atoms with van der Waals surface area (Å²) in [7, 11) is 3.34. The van der Waals surface area contributed by atoms with E-state index in [9.17, 15) is 14.4 Å². The van der Waals surface area contributed by atoms with Gasteiger partial charge in [-0.1, -0.05) is 44.9 Å². The molecule has 0 aliphatic rings. The first-order chi connectivity index (χ1) is 16.8. The second-order valence-corrected chi connectivity index (χ2v) is 8.65. The van der Waals surface area contributed by atoms with E-state index in [0.717, 1.165) is 30.6 Å². The predicted molar refractivity (Wildman–Crippen MR) is 137 cm³/mol. The number of unbranched alkanes of at least 4 members (excludes halogenated alkanes) is 2. The molecule has 0 radical (unpaired) electrons. The molecule has 35 heavy (non-hydrogen) atoms. The molecule has 2 rings (SSSR count). The van der Waals surface area contributed by atoms with Gasteiger partial charge in [0, 0.05) is 38.1 Å². The molecule has 1 N–H and O–H groups in total. The van der Waals surface area contributed by atoms with Crippen molar-refractivity contribution in [2.24, 2.45) is 0 Å². The molecular formula is C28H38N2O5. The molecule has 0 aliphatic heterocycles. The Morgan fingerprint density at radius 3 is 2.29 bits per heavy atom. The van der Waals surface area contributed by atoms with Crippen molar-refractivity contribution < 1.29 is 23.9 Å². The molecule has 7 nitrogen and oxygen atoms in total. The second-order valence-electron chi connectivity index (χ2n) is 8.65. The average Bonchev–Trinajstić information content (AvgIpc) is 2.87. The highest BCUT2D eigenvalue weighted by molar-refractivity contribution is 5.98. The minimum Gasteiger partial charge on any atom is -0.494 e. The number of hydrogen-bond donors (Lipinski definition) is 1. The number of nitrogens with zero attached hydrogens (tertiary/aromatic N) is 1. The molecule has 0 aliphatic carbocycles. The molecule has 2 aromatic carbocycles. The third-order valence-corrected chi connectivity index (χ3v) is 5.66. The molecule has 0 saturated carbocycles. The Bertz CT molecular complexity index is 956. The first-order valence-electron chi connectivity index (χ1n) is 12.3. The number of para-hydroxylation sites is 1. The zero-order chi connectivity index (χ0) is 25.6. The maximum absolute atomic E-state index is 12.6. The molecule has 2 amide bonds. The average molecular weight is 483 g/mol. The third-order valence-electron chi connectivity index (χ3n) is 5.66. The van der Waals surface area contributed by atoms with Crippen LogP contribution >= 0.6 is 0 Å². The maximum Gasteiger partial charge on any atom is 0.259 e. The van der Waals surface area contributed by atoms with Crippen LogP contribution in [0.1, 0.15) is 74.3 Å². The lowest BCUT2D eigenvalue weighted by molar-refractivity contribution is -0.130. The van der Waals surface area contributed by atoms with Gasteiger partial charge in [-0.05, 0) is 43.2 Å². The van der Waals surface area contributed by atoms with E-state index in [1.54, 1.807) is 44.4 Å². The summed E-state index contributed by atoms with van der Waals surface area (Å²) in [4.78, 5) is 38.6. The van der Waals surface area contributed by atoms with E-state index in [2.05, 4.69) is 12.2 Å². The number of hydrogen-bond acceptors (Lipinski definition) is 5. The molecule has 190 valence electrons. The number of benzene rings is 2. The lowest BCUT2D eigenvalue weighted by atomic mass is 10.0. The van der Waals surface area contributed by atoms with Gasteiger partial charge in [0.05, 0.1) is 12.6 Å². The van der Waals surface area contributed by atoms with E-state index in [1.165, 1.54) is 4.90 Å². The molecule has 1 atom stereocenters. The van der Waals surface area contributed by atoms with Crippen LogP contribution in [0.25, 0.3) is 0 Å². The second kappa shape index (κ2) is 14.8. The normalized spacial score (nSPS) is 11.4. The fraction of sp³-hybridized carbons (Fsp3) is 0.464. The zero-order valence-corrected chi connectivity index (χ0v) is 21.3. The number of carbonyl (C=O) groups excluding carboxylic acids is 3. The Morgan fingerprint density at radius 2 is 1.63 bits per heavy atom. The molecule has 0 fully saturated rings. The summed E-state index contributed by atoms with van der Waals surface area (Å²) in [6, 6.07) is 14.1. The molecule has 2 aromatic rings. The fourth-order valence-corrected chi connectivity index (χ4v) is 3.49. The van der Waals surface area contributed by atoms with Crippen LogP contribution < -0.4 is 14.8 Å². The van der Waals surface area contributed by atoms with Crippen molar-refractivity contribution in [3.05, 3.63) is 59.7 Å². The molecule has 7 heteroatoms. The van der Waals surface area contributed by atoms with Crippen LogP contribution in [0.15, 0.2) is 48.5 Å². The number of ketones is 1. The summed E-state index contributed by atoms with van der Waals surface area (Å²) in [6.07, 6.45) is 4.13. The van der Waals surface area contributed by atoms with Crippen LogP contribution in [-0.2, 0) is 9.59 Å². The smallest absolute Gasteiger partial charge is 0.259 e. The highest BCUT2D eigenvalue weighted by atomic mass is 16.5. The molecular weight excluding hydrogens is 444 g/mol. The van der Waals surface area contributed by atoms with Crippen molar-refractivity contribution in [3.63, 3.8) is 0 Å². The van der Waals surface area contributed by atoms with E-state index >= 15 is 0 Å². The molecule has 0 spiro atoms. The van der Waals surface area contributed by atoms with Crippen molar-refractivity contribution in [1.82, 2.24) is 10.2 Å². The van der Waals surface area contributed by atoms with Gasteiger partial charge < -0.3 is 19.7 Å². The summed E-state index contributed by atoms with van der Waals surface area (Å²) in [5, 5.41) is 3.00. The number of rotatable bonds is 15. The Balaban J connectivity index is 1.89. The van der Waals surface area contributed by atoms with E-state index in [4.69, 9.17) is 9.47 Å². The quantitative estimate of drug-likeness (QED) is 0.287. The molecule has 1 unspecified atom stereocenters. The third kappa shape index (κ3) is 9.43. The van der Waals surface area contributed by atoms with Gasteiger partial charge in [-0.25, -0.2) is 0 Å². The monoisotopic (exact) mass is 482 g/mol. The Kier molecular flexibility index (Phi) is 11.8. The molecule has 0 aromatic heterocycles. The minimum absolute atomic E-state index is 0.0779. The van der Waals surface area contributed by atoms with Crippen molar-refractivity contribution in [2.75, 3.05) is 27.3 Å². The number of Topliss-reactive ketones (excluding diaryl/α,β-unsaturated/α-hetero) is 1. The van der Waals surface area contributed by atoms with Crippen LogP contribution in [0.3, 0.4) is 0 Å². The molecule has 0 bridgehead atoms. The van der Waals surface area contributed by atoms with Crippen LogP contribution in [-0.4, -0.2) is 49.8 Å². The van der Waals surface area contributed by atoms with Gasteiger partial charge in [-0.2, -0.15) is 0 Å². The largest absolute Gasteiger partial charge is 0.494 e. The lowest BCUT2D eigenvalue weighted by Crippen LogP contribution is -2.30. The Labute approximate surface area is 208 Å². The highest BCUT2D eigenvalue weighted by Crippen LogP contribution is 2.27. The van der Waals surface area contributed by atoms with Crippen LogP contribution in [0.5, 0.6) is 11.5 Å². The first-order valence-corrected chi connectivity index (χ1v) is 12.3. The summed E-state index contributed by atoms with van der Waals surface area (Å²) in [5.41, 5.74) is 1.37. The fourth-order valence-electron chi connectivity index (χ4n) is 3.49. The topological polar surface area (TPSA) is 84.9 Å². The van der Waals surface area contributed by atoms with Gasteiger partial charge in [0.2, 0.25) is 5.91 Å².